The SMILES string of the molecule is COCC(C)(C)CCC(=O)c1cc(COCc2ccccc2)on1. The molecule has 0 fully saturated rings. The first-order chi connectivity index (χ1) is 11.5. The number of nitrogens with zero attached hydrogens (tertiary/aromatic N) is 1. The number of Topliss-reactive ketones (excluding diaryl/α,β-unsaturated/α-hetero) is 1. The molecule has 1 heterocycles. The van der Waals surface area contributed by atoms with Crippen molar-refractivity contribution in [3.63, 3.8) is 0 Å². The Bertz CT molecular complexity index is 634. The standard InChI is InChI=1S/C19H25NO4/c1-19(2,14-22-3)10-9-18(21)17-11-16(24-20-17)13-23-12-15-7-5-4-6-8-15/h4-8,11H,9-10,12-14H2,1-3H3. The predicted molar refractivity (Wildman–Crippen MR) is 90.7 cm³/mol. The minimum atomic E-state index is -0.0320. The maximum atomic E-state index is 12.2. The summed E-state index contributed by atoms with van der Waals surface area (Å²) in [5.74, 6) is 0.544. The van der Waals surface area contributed by atoms with Crippen LogP contribution < -0.4 is 0 Å². The molecule has 130 valence electrons. The van der Waals surface area contributed by atoms with Gasteiger partial charge in [0.1, 0.15) is 12.3 Å². The van der Waals surface area contributed by atoms with Gasteiger partial charge in [-0.1, -0.05) is 49.3 Å². The van der Waals surface area contributed by atoms with Gasteiger partial charge in [-0.15, -0.1) is 0 Å². The molecule has 5 nitrogen and oxygen atoms in total. The number of aromatic nitrogens is 1. The Kier molecular flexibility index (Phi) is 6.70. The van der Waals surface area contributed by atoms with E-state index < -0.39 is 0 Å². The lowest BCUT2D eigenvalue weighted by Crippen LogP contribution is -2.19. The monoisotopic (exact) mass is 331 g/mol. The molecular formula is C19H25NO4. The summed E-state index contributed by atoms with van der Waals surface area (Å²) >= 11 is 0. The van der Waals surface area contributed by atoms with Crippen molar-refractivity contribution in [2.75, 3.05) is 13.7 Å². The Morgan fingerprint density at radius 1 is 1.21 bits per heavy atom. The summed E-state index contributed by atoms with van der Waals surface area (Å²) < 4.78 is 15.9. The highest BCUT2D eigenvalue weighted by atomic mass is 16.5. The molecule has 2 aromatic rings. The van der Waals surface area contributed by atoms with Gasteiger partial charge in [0.25, 0.3) is 0 Å². The van der Waals surface area contributed by atoms with E-state index in [1.807, 2.05) is 30.3 Å². The van der Waals surface area contributed by atoms with Crippen LogP contribution in [0.15, 0.2) is 40.9 Å². The van der Waals surface area contributed by atoms with Crippen LogP contribution in [0, 0.1) is 5.41 Å². The van der Waals surface area contributed by atoms with Crippen LogP contribution in [-0.4, -0.2) is 24.7 Å². The van der Waals surface area contributed by atoms with Crippen molar-refractivity contribution in [3.05, 3.63) is 53.4 Å². The van der Waals surface area contributed by atoms with E-state index in [1.165, 1.54) is 0 Å². The molecule has 5 heteroatoms. The number of carbonyl (C=O) groups is 1. The summed E-state index contributed by atoms with van der Waals surface area (Å²) in [4.78, 5) is 12.2. The molecule has 0 unspecified atom stereocenters. The number of hydrogen-bond acceptors (Lipinski definition) is 5. The number of methoxy groups -OCH3 is 1. The van der Waals surface area contributed by atoms with Crippen molar-refractivity contribution in [2.45, 2.75) is 39.9 Å². The van der Waals surface area contributed by atoms with Gasteiger partial charge >= 0.3 is 0 Å². The summed E-state index contributed by atoms with van der Waals surface area (Å²) in [6.45, 7) is 5.57. The fourth-order valence-corrected chi connectivity index (χ4v) is 2.40. The first kappa shape index (κ1) is 18.4. The van der Waals surface area contributed by atoms with Gasteiger partial charge in [0.15, 0.2) is 11.5 Å². The van der Waals surface area contributed by atoms with Crippen molar-refractivity contribution in [1.29, 1.82) is 0 Å². The van der Waals surface area contributed by atoms with E-state index in [2.05, 4.69) is 19.0 Å². The summed E-state index contributed by atoms with van der Waals surface area (Å²) in [6.07, 6.45) is 1.17. The van der Waals surface area contributed by atoms with Gasteiger partial charge in [-0.05, 0) is 17.4 Å². The van der Waals surface area contributed by atoms with Crippen LogP contribution in [0.2, 0.25) is 0 Å². The zero-order valence-electron chi connectivity index (χ0n) is 14.6. The third-order valence-electron chi connectivity index (χ3n) is 3.76. The molecule has 1 aromatic carbocycles. The Morgan fingerprint density at radius 2 is 1.96 bits per heavy atom. The Hall–Kier alpha value is -1.98. The maximum absolute atomic E-state index is 12.2. The molecule has 0 saturated heterocycles. The highest BCUT2D eigenvalue weighted by molar-refractivity contribution is 5.94. The van der Waals surface area contributed by atoms with E-state index in [0.717, 1.165) is 12.0 Å². The lowest BCUT2D eigenvalue weighted by Gasteiger charge is -2.22. The Labute approximate surface area is 142 Å². The van der Waals surface area contributed by atoms with Crippen molar-refractivity contribution < 1.29 is 18.8 Å². The minimum absolute atomic E-state index is 0.0164. The van der Waals surface area contributed by atoms with Crippen LogP contribution in [0.3, 0.4) is 0 Å². The van der Waals surface area contributed by atoms with Crippen LogP contribution >= 0.6 is 0 Å². The van der Waals surface area contributed by atoms with Gasteiger partial charge in [-0.2, -0.15) is 0 Å². The largest absolute Gasteiger partial charge is 0.384 e. The van der Waals surface area contributed by atoms with E-state index in [-0.39, 0.29) is 11.2 Å². The van der Waals surface area contributed by atoms with E-state index in [9.17, 15) is 4.79 Å². The molecule has 0 saturated carbocycles. The number of ketones is 1. The molecule has 0 amide bonds. The highest BCUT2D eigenvalue weighted by Crippen LogP contribution is 2.23. The average molecular weight is 331 g/mol. The van der Waals surface area contributed by atoms with Crippen LogP contribution in [0.4, 0.5) is 0 Å². The number of benzene rings is 1. The van der Waals surface area contributed by atoms with Crippen molar-refractivity contribution in [2.24, 2.45) is 5.41 Å². The Balaban J connectivity index is 1.78. The van der Waals surface area contributed by atoms with Crippen molar-refractivity contribution in [3.8, 4) is 0 Å². The second-order valence-corrected chi connectivity index (χ2v) is 6.68. The van der Waals surface area contributed by atoms with E-state index >= 15 is 0 Å². The molecule has 0 spiro atoms. The van der Waals surface area contributed by atoms with Gasteiger partial charge < -0.3 is 14.0 Å². The van der Waals surface area contributed by atoms with Gasteiger partial charge in [0.05, 0.1) is 13.2 Å². The van der Waals surface area contributed by atoms with Gasteiger partial charge in [0.2, 0.25) is 0 Å². The third-order valence-corrected chi connectivity index (χ3v) is 3.76. The highest BCUT2D eigenvalue weighted by Gasteiger charge is 2.21. The molecule has 2 rings (SSSR count). The average Bonchev–Trinajstić information content (AvgIpc) is 3.03. The van der Waals surface area contributed by atoms with E-state index in [4.69, 9.17) is 14.0 Å². The molecule has 1 aromatic heterocycles. The molecule has 0 aliphatic heterocycles. The predicted octanol–water partition coefficient (Wildman–Crippen LogP) is 4.03. The van der Waals surface area contributed by atoms with E-state index in [0.29, 0.717) is 37.7 Å². The van der Waals surface area contributed by atoms with Crippen molar-refractivity contribution >= 4 is 5.78 Å². The second-order valence-electron chi connectivity index (χ2n) is 6.68. The summed E-state index contributed by atoms with van der Waals surface area (Å²) in [5.41, 5.74) is 1.42. The smallest absolute Gasteiger partial charge is 0.184 e. The van der Waals surface area contributed by atoms with Gasteiger partial charge in [-0.25, -0.2) is 0 Å². The van der Waals surface area contributed by atoms with Crippen LogP contribution in [-0.2, 0) is 22.7 Å². The van der Waals surface area contributed by atoms with Crippen LogP contribution in [0.5, 0.6) is 0 Å². The number of ether oxygens (including phenoxy) is 2. The number of hydrogen-bond donors (Lipinski definition) is 0. The fraction of sp³-hybridized carbons (Fsp3) is 0.474. The normalized spacial score (nSPS) is 11.6. The third kappa shape index (κ3) is 5.91. The molecule has 0 N–H and O–H groups in total. The minimum Gasteiger partial charge on any atom is -0.384 e. The maximum Gasteiger partial charge on any atom is 0.184 e. The van der Waals surface area contributed by atoms with Gasteiger partial charge in [0, 0.05) is 19.6 Å². The zero-order valence-corrected chi connectivity index (χ0v) is 14.6. The summed E-state index contributed by atoms with van der Waals surface area (Å²) in [6, 6.07) is 11.6. The molecule has 0 aliphatic carbocycles. The van der Waals surface area contributed by atoms with Crippen LogP contribution in [0.25, 0.3) is 0 Å². The van der Waals surface area contributed by atoms with Gasteiger partial charge in [-0.3, -0.25) is 4.79 Å². The first-order valence-electron chi connectivity index (χ1n) is 8.09. The molecule has 0 aliphatic rings. The second kappa shape index (κ2) is 8.76. The molecule has 0 bridgehead atoms. The lowest BCUT2D eigenvalue weighted by atomic mass is 9.87. The summed E-state index contributed by atoms with van der Waals surface area (Å²) in [5, 5.41) is 3.85. The van der Waals surface area contributed by atoms with Crippen LogP contribution in [0.1, 0.15) is 48.5 Å². The number of rotatable bonds is 10. The zero-order chi connectivity index (χ0) is 17.4. The Morgan fingerprint density at radius 3 is 2.67 bits per heavy atom. The van der Waals surface area contributed by atoms with E-state index in [1.54, 1.807) is 13.2 Å². The molecule has 24 heavy (non-hydrogen) atoms. The lowest BCUT2D eigenvalue weighted by molar-refractivity contribution is 0.0832. The van der Waals surface area contributed by atoms with Crippen molar-refractivity contribution in [1.82, 2.24) is 5.16 Å². The summed E-state index contributed by atoms with van der Waals surface area (Å²) in [7, 11) is 1.67. The number of carbonyl (C=O) groups excluding carboxylic acids is 1. The molecule has 0 radical (unpaired) electrons. The quantitative estimate of drug-likeness (QED) is 0.615. The molecule has 0 atom stereocenters. The topological polar surface area (TPSA) is 61.6 Å². The fourth-order valence-electron chi connectivity index (χ4n) is 2.40. The molecular weight excluding hydrogens is 306 g/mol. The first-order valence-corrected chi connectivity index (χ1v) is 8.09.